The molecule has 0 heterocycles. The van der Waals surface area contributed by atoms with Gasteiger partial charge in [-0.25, -0.2) is 4.67 Å². The highest BCUT2D eigenvalue weighted by molar-refractivity contribution is 7.44. The van der Waals surface area contributed by atoms with Crippen molar-refractivity contribution in [3.05, 3.63) is 0 Å². The fourth-order valence-electron chi connectivity index (χ4n) is 0.618. The van der Waals surface area contributed by atoms with E-state index < -0.39 is 8.53 Å². The molecule has 0 radical (unpaired) electrons. The van der Waals surface area contributed by atoms with Crippen LogP contribution in [0.15, 0.2) is 0 Å². The molecule has 0 aromatic heterocycles. The van der Waals surface area contributed by atoms with Gasteiger partial charge in [-0.15, -0.1) is 0 Å². The first kappa shape index (κ1) is 11.3. The summed E-state index contributed by atoms with van der Waals surface area (Å²) in [7, 11) is 4.80. The Kier molecular flexibility index (Phi) is 7.18. The molecule has 11 heavy (non-hydrogen) atoms. The van der Waals surface area contributed by atoms with Crippen LogP contribution in [-0.2, 0) is 9.05 Å². The molecule has 3 nitrogen and oxygen atoms in total. The molecule has 0 saturated heterocycles. The molecule has 68 valence electrons. The molecule has 0 aliphatic rings. The largest absolute Gasteiger partial charge is 0.325 e. The predicted molar refractivity (Wildman–Crippen MR) is 48.5 cm³/mol. The summed E-state index contributed by atoms with van der Waals surface area (Å²) in [5, 5.41) is 0. The zero-order chi connectivity index (χ0) is 8.69. The standard InChI is InChI=1S/C7H18NO2P/c1-5-6-7-10-11(9-4)8(2)3/h5-7H2,1-4H3. The molecule has 0 aliphatic carbocycles. The van der Waals surface area contributed by atoms with E-state index in [4.69, 9.17) is 9.05 Å². The van der Waals surface area contributed by atoms with Crippen molar-refractivity contribution in [3.63, 3.8) is 0 Å². The monoisotopic (exact) mass is 179 g/mol. The van der Waals surface area contributed by atoms with Crippen LogP contribution in [0.5, 0.6) is 0 Å². The van der Waals surface area contributed by atoms with Crippen LogP contribution in [0, 0.1) is 0 Å². The highest BCUT2D eigenvalue weighted by atomic mass is 31.2. The van der Waals surface area contributed by atoms with Crippen molar-refractivity contribution in [2.45, 2.75) is 19.8 Å². The van der Waals surface area contributed by atoms with E-state index in [2.05, 4.69) is 6.92 Å². The Hall–Kier alpha value is 0.310. The summed E-state index contributed by atoms with van der Waals surface area (Å²) in [5.41, 5.74) is 0. The Balaban J connectivity index is 3.36. The maximum absolute atomic E-state index is 5.46. The lowest BCUT2D eigenvalue weighted by atomic mass is 10.4. The minimum Gasteiger partial charge on any atom is -0.325 e. The van der Waals surface area contributed by atoms with Gasteiger partial charge < -0.3 is 9.05 Å². The smallest absolute Gasteiger partial charge is 0.257 e. The van der Waals surface area contributed by atoms with Crippen molar-refractivity contribution in [2.24, 2.45) is 0 Å². The third kappa shape index (κ3) is 5.57. The van der Waals surface area contributed by atoms with E-state index in [-0.39, 0.29) is 0 Å². The maximum Gasteiger partial charge on any atom is 0.257 e. The summed E-state index contributed by atoms with van der Waals surface area (Å²) in [6.45, 7) is 2.95. The summed E-state index contributed by atoms with van der Waals surface area (Å²) in [4.78, 5) is 0. The van der Waals surface area contributed by atoms with Crippen molar-refractivity contribution >= 4 is 8.53 Å². The van der Waals surface area contributed by atoms with Gasteiger partial charge in [0.05, 0.1) is 6.61 Å². The lowest BCUT2D eigenvalue weighted by molar-refractivity contribution is 0.247. The second kappa shape index (κ2) is 6.99. The lowest BCUT2D eigenvalue weighted by Crippen LogP contribution is -2.08. The fourth-order valence-corrected chi connectivity index (χ4v) is 1.57. The summed E-state index contributed by atoms with van der Waals surface area (Å²) in [6, 6.07) is 0. The Morgan fingerprint density at radius 2 is 2.00 bits per heavy atom. The molecule has 0 bridgehead atoms. The fraction of sp³-hybridized carbons (Fsp3) is 1.00. The minimum atomic E-state index is -0.796. The SMILES string of the molecule is CCCCOP(OC)N(C)C. The Labute approximate surface area is 70.6 Å². The van der Waals surface area contributed by atoms with E-state index in [9.17, 15) is 0 Å². The summed E-state index contributed by atoms with van der Waals surface area (Å²) in [5.74, 6) is 0. The molecule has 0 aliphatic heterocycles. The quantitative estimate of drug-likeness (QED) is 0.461. The van der Waals surface area contributed by atoms with Gasteiger partial charge in [-0.3, -0.25) is 0 Å². The molecule has 0 aromatic rings. The van der Waals surface area contributed by atoms with Gasteiger partial charge in [0, 0.05) is 7.11 Å². The second-order valence-electron chi connectivity index (χ2n) is 2.45. The summed E-state index contributed by atoms with van der Waals surface area (Å²) < 4.78 is 12.6. The first-order valence-corrected chi connectivity index (χ1v) is 4.99. The van der Waals surface area contributed by atoms with Crippen LogP contribution >= 0.6 is 8.53 Å². The van der Waals surface area contributed by atoms with E-state index in [1.807, 2.05) is 18.8 Å². The van der Waals surface area contributed by atoms with E-state index >= 15 is 0 Å². The lowest BCUT2D eigenvalue weighted by Gasteiger charge is -2.20. The third-order valence-corrected chi connectivity index (χ3v) is 2.55. The Morgan fingerprint density at radius 3 is 2.36 bits per heavy atom. The summed E-state index contributed by atoms with van der Waals surface area (Å²) >= 11 is 0. The zero-order valence-corrected chi connectivity index (χ0v) is 8.73. The van der Waals surface area contributed by atoms with Crippen LogP contribution in [0.25, 0.3) is 0 Å². The van der Waals surface area contributed by atoms with Crippen LogP contribution in [0.2, 0.25) is 0 Å². The van der Waals surface area contributed by atoms with Crippen molar-refractivity contribution in [2.75, 3.05) is 27.8 Å². The van der Waals surface area contributed by atoms with Crippen LogP contribution in [0.3, 0.4) is 0 Å². The molecule has 0 N–H and O–H groups in total. The van der Waals surface area contributed by atoms with Gasteiger partial charge in [0.25, 0.3) is 8.53 Å². The zero-order valence-electron chi connectivity index (χ0n) is 7.83. The summed E-state index contributed by atoms with van der Waals surface area (Å²) in [6.07, 6.45) is 2.27. The van der Waals surface area contributed by atoms with Gasteiger partial charge in [-0.05, 0) is 20.5 Å². The van der Waals surface area contributed by atoms with Gasteiger partial charge in [-0.2, -0.15) is 0 Å². The first-order chi connectivity index (χ1) is 5.22. The topological polar surface area (TPSA) is 21.7 Å². The molecular weight excluding hydrogens is 161 g/mol. The maximum atomic E-state index is 5.46. The van der Waals surface area contributed by atoms with E-state index in [0.29, 0.717) is 0 Å². The van der Waals surface area contributed by atoms with Crippen LogP contribution in [0.4, 0.5) is 0 Å². The third-order valence-electron chi connectivity index (χ3n) is 1.18. The van der Waals surface area contributed by atoms with Crippen LogP contribution < -0.4 is 0 Å². The van der Waals surface area contributed by atoms with E-state index in [1.165, 1.54) is 6.42 Å². The highest BCUT2D eigenvalue weighted by Gasteiger charge is 2.10. The van der Waals surface area contributed by atoms with Crippen molar-refractivity contribution in [3.8, 4) is 0 Å². The second-order valence-corrected chi connectivity index (χ2v) is 4.35. The van der Waals surface area contributed by atoms with Crippen molar-refractivity contribution in [1.82, 2.24) is 4.67 Å². The molecule has 4 heteroatoms. The van der Waals surface area contributed by atoms with Gasteiger partial charge in [0.1, 0.15) is 0 Å². The van der Waals surface area contributed by atoms with Crippen LogP contribution in [-0.4, -0.2) is 32.5 Å². The molecule has 1 unspecified atom stereocenters. The number of unbranched alkanes of at least 4 members (excludes halogenated alkanes) is 1. The Morgan fingerprint density at radius 1 is 1.36 bits per heavy atom. The average Bonchev–Trinajstić information content (AvgIpc) is 1.97. The normalized spacial score (nSPS) is 13.9. The molecule has 0 fully saturated rings. The van der Waals surface area contributed by atoms with Gasteiger partial charge in [-0.1, -0.05) is 13.3 Å². The average molecular weight is 179 g/mol. The molecule has 0 spiro atoms. The van der Waals surface area contributed by atoms with E-state index in [0.717, 1.165) is 13.0 Å². The molecule has 1 atom stereocenters. The van der Waals surface area contributed by atoms with Gasteiger partial charge >= 0.3 is 0 Å². The van der Waals surface area contributed by atoms with Gasteiger partial charge in [0.15, 0.2) is 0 Å². The first-order valence-electron chi connectivity index (χ1n) is 3.86. The number of hydrogen-bond donors (Lipinski definition) is 0. The number of nitrogens with zero attached hydrogens (tertiary/aromatic N) is 1. The van der Waals surface area contributed by atoms with Crippen molar-refractivity contribution in [1.29, 1.82) is 0 Å². The number of rotatable bonds is 6. The molecular formula is C7H18NO2P. The van der Waals surface area contributed by atoms with Crippen LogP contribution in [0.1, 0.15) is 19.8 Å². The highest BCUT2D eigenvalue weighted by Crippen LogP contribution is 2.38. The molecule has 0 aromatic carbocycles. The Bertz CT molecular complexity index is 90.5. The van der Waals surface area contributed by atoms with Gasteiger partial charge in [0.2, 0.25) is 0 Å². The van der Waals surface area contributed by atoms with E-state index in [1.54, 1.807) is 7.11 Å². The van der Waals surface area contributed by atoms with Crippen molar-refractivity contribution < 1.29 is 9.05 Å². The predicted octanol–water partition coefficient (Wildman–Crippen LogP) is 2.24. The minimum absolute atomic E-state index is 0.796. The molecule has 0 saturated carbocycles. The number of hydrogen-bond acceptors (Lipinski definition) is 3. The molecule has 0 amide bonds. The molecule has 0 rings (SSSR count).